The third kappa shape index (κ3) is 4.73. The molecule has 0 radical (unpaired) electrons. The van der Waals surface area contributed by atoms with E-state index < -0.39 is 21.2 Å². The van der Waals surface area contributed by atoms with Crippen molar-refractivity contribution in [1.29, 1.82) is 0 Å². The van der Waals surface area contributed by atoms with Crippen LogP contribution in [0.5, 0.6) is 11.5 Å². The second-order valence-electron chi connectivity index (χ2n) is 6.09. The molecular formula is C20H13Cl2N3O5. The number of ether oxygens (including phenoxy) is 1. The summed E-state index contributed by atoms with van der Waals surface area (Å²) in [5.41, 5.74) is 0.922. The predicted octanol–water partition coefficient (Wildman–Crippen LogP) is 6.66. The Morgan fingerprint density at radius 3 is 2.40 bits per heavy atom. The maximum absolute atomic E-state index is 11.3. The van der Waals surface area contributed by atoms with Crippen LogP contribution in [0, 0.1) is 27.2 Å². The molecule has 0 N–H and O–H groups in total. The van der Waals surface area contributed by atoms with Crippen LogP contribution in [0.25, 0.3) is 0 Å². The molecule has 3 aromatic rings. The topological polar surface area (TPSA) is 108 Å². The summed E-state index contributed by atoms with van der Waals surface area (Å²) >= 11 is 12.2. The van der Waals surface area contributed by atoms with Gasteiger partial charge in [-0.15, -0.1) is 0 Å². The molecule has 0 aliphatic carbocycles. The molecule has 0 aliphatic rings. The molecule has 152 valence electrons. The van der Waals surface area contributed by atoms with Gasteiger partial charge in [0.15, 0.2) is 0 Å². The number of non-ortho nitro benzene ring substituents is 1. The predicted molar refractivity (Wildman–Crippen MR) is 115 cm³/mol. The zero-order valence-corrected chi connectivity index (χ0v) is 16.9. The molecule has 0 unspecified atom stereocenters. The first-order valence-corrected chi connectivity index (χ1v) is 9.21. The molecule has 0 saturated carbocycles. The van der Waals surface area contributed by atoms with Crippen molar-refractivity contribution in [1.82, 2.24) is 0 Å². The molecule has 0 heterocycles. The van der Waals surface area contributed by atoms with E-state index in [4.69, 9.17) is 27.9 Å². The minimum Gasteiger partial charge on any atom is -0.449 e. The highest BCUT2D eigenvalue weighted by atomic mass is 35.5. The van der Waals surface area contributed by atoms with Crippen LogP contribution in [0.2, 0.25) is 10.0 Å². The molecule has 0 fully saturated rings. The van der Waals surface area contributed by atoms with E-state index in [0.29, 0.717) is 21.3 Å². The molecule has 10 heteroatoms. The number of aliphatic imine (C=N–C) groups is 1. The minimum absolute atomic E-state index is 0.151. The number of nitrogens with zero attached hydrogens (tertiary/aromatic N) is 3. The summed E-state index contributed by atoms with van der Waals surface area (Å²) in [5, 5.41) is 23.2. The lowest BCUT2D eigenvalue weighted by Gasteiger charge is -2.10. The Balaban J connectivity index is 2.00. The zero-order chi connectivity index (χ0) is 21.8. The van der Waals surface area contributed by atoms with Crippen molar-refractivity contribution < 1.29 is 14.6 Å². The van der Waals surface area contributed by atoms with E-state index in [9.17, 15) is 20.2 Å². The van der Waals surface area contributed by atoms with Gasteiger partial charge in [-0.25, -0.2) is 0 Å². The standard InChI is InChI=1S/C20H13Cl2N3O5/c1-12-16(22)3-2-4-17(12)23-11-13-9-14(21)5-7-19(13)30-20-8-6-15(24(26)27)10-18(20)25(28)29/h2-11H,1H3. The van der Waals surface area contributed by atoms with Gasteiger partial charge in [-0.1, -0.05) is 29.3 Å². The van der Waals surface area contributed by atoms with Crippen LogP contribution < -0.4 is 4.74 Å². The first-order chi connectivity index (χ1) is 14.3. The normalized spacial score (nSPS) is 10.9. The molecule has 0 aromatic heterocycles. The molecule has 8 nitrogen and oxygen atoms in total. The van der Waals surface area contributed by atoms with Gasteiger partial charge in [0.05, 0.1) is 21.6 Å². The number of nitro groups is 2. The van der Waals surface area contributed by atoms with Crippen LogP contribution >= 0.6 is 23.2 Å². The van der Waals surface area contributed by atoms with E-state index in [1.165, 1.54) is 18.3 Å². The first kappa shape index (κ1) is 21.2. The van der Waals surface area contributed by atoms with Crippen molar-refractivity contribution in [3.8, 4) is 11.5 Å². The van der Waals surface area contributed by atoms with Crippen LogP contribution in [0.15, 0.2) is 59.6 Å². The highest BCUT2D eigenvalue weighted by molar-refractivity contribution is 6.31. The second kappa shape index (κ2) is 8.89. The average Bonchev–Trinajstić information content (AvgIpc) is 2.70. The second-order valence-corrected chi connectivity index (χ2v) is 6.94. The smallest absolute Gasteiger partial charge is 0.318 e. The first-order valence-electron chi connectivity index (χ1n) is 8.45. The maximum atomic E-state index is 11.3. The zero-order valence-electron chi connectivity index (χ0n) is 15.4. The van der Waals surface area contributed by atoms with Crippen LogP contribution in [-0.4, -0.2) is 16.1 Å². The summed E-state index contributed by atoms with van der Waals surface area (Å²) < 4.78 is 5.69. The molecule has 0 spiro atoms. The van der Waals surface area contributed by atoms with Gasteiger partial charge in [-0.3, -0.25) is 25.2 Å². The Bertz CT molecular complexity index is 1180. The fourth-order valence-corrected chi connectivity index (χ4v) is 2.91. The van der Waals surface area contributed by atoms with Gasteiger partial charge in [-0.05, 0) is 48.9 Å². The number of hydrogen-bond donors (Lipinski definition) is 0. The number of rotatable bonds is 6. The molecule has 0 saturated heterocycles. The Morgan fingerprint density at radius 1 is 0.967 bits per heavy atom. The summed E-state index contributed by atoms with van der Waals surface area (Å²) in [6.45, 7) is 1.82. The van der Waals surface area contributed by atoms with E-state index in [-0.39, 0.29) is 11.5 Å². The fourth-order valence-electron chi connectivity index (χ4n) is 2.55. The van der Waals surface area contributed by atoms with Crippen molar-refractivity contribution in [3.63, 3.8) is 0 Å². The molecule has 3 aromatic carbocycles. The van der Waals surface area contributed by atoms with Crippen molar-refractivity contribution in [3.05, 3.63) is 96.0 Å². The van der Waals surface area contributed by atoms with Gasteiger partial charge in [0, 0.05) is 27.9 Å². The monoisotopic (exact) mass is 445 g/mol. The Hall–Kier alpha value is -3.49. The average molecular weight is 446 g/mol. The molecule has 0 amide bonds. The summed E-state index contributed by atoms with van der Waals surface area (Å²) in [4.78, 5) is 25.2. The van der Waals surface area contributed by atoms with Crippen LogP contribution in [-0.2, 0) is 0 Å². The largest absolute Gasteiger partial charge is 0.449 e. The molecule has 30 heavy (non-hydrogen) atoms. The van der Waals surface area contributed by atoms with Crippen molar-refractivity contribution >= 4 is 46.5 Å². The van der Waals surface area contributed by atoms with E-state index in [0.717, 1.165) is 17.7 Å². The highest BCUT2D eigenvalue weighted by Crippen LogP contribution is 2.36. The van der Waals surface area contributed by atoms with Crippen molar-refractivity contribution in [2.24, 2.45) is 4.99 Å². The lowest BCUT2D eigenvalue weighted by atomic mass is 10.2. The van der Waals surface area contributed by atoms with Crippen LogP contribution in [0.3, 0.4) is 0 Å². The summed E-state index contributed by atoms with van der Waals surface area (Å²) in [7, 11) is 0. The molecular weight excluding hydrogens is 433 g/mol. The number of nitro benzene ring substituents is 2. The number of hydrogen-bond acceptors (Lipinski definition) is 6. The minimum atomic E-state index is -0.749. The van der Waals surface area contributed by atoms with Crippen LogP contribution in [0.1, 0.15) is 11.1 Å². The Kier molecular flexibility index (Phi) is 6.29. The van der Waals surface area contributed by atoms with E-state index >= 15 is 0 Å². The van der Waals surface area contributed by atoms with Crippen molar-refractivity contribution in [2.45, 2.75) is 6.92 Å². The van der Waals surface area contributed by atoms with E-state index in [1.54, 1.807) is 30.3 Å². The Labute approximate surface area is 180 Å². The van der Waals surface area contributed by atoms with E-state index in [1.807, 2.05) is 6.92 Å². The maximum Gasteiger partial charge on any atom is 0.318 e. The fraction of sp³-hybridized carbons (Fsp3) is 0.0500. The summed E-state index contributed by atoms with van der Waals surface area (Å²) in [6.07, 6.45) is 1.50. The van der Waals surface area contributed by atoms with Gasteiger partial charge in [0.1, 0.15) is 5.75 Å². The third-order valence-corrected chi connectivity index (χ3v) is 4.77. The molecule has 0 aliphatic heterocycles. The van der Waals surface area contributed by atoms with Gasteiger partial charge >= 0.3 is 5.69 Å². The van der Waals surface area contributed by atoms with Gasteiger partial charge in [0.2, 0.25) is 5.75 Å². The number of halogens is 2. The van der Waals surface area contributed by atoms with Crippen LogP contribution in [0.4, 0.5) is 17.1 Å². The van der Waals surface area contributed by atoms with Gasteiger partial charge < -0.3 is 4.74 Å². The summed E-state index contributed by atoms with van der Waals surface area (Å²) in [6, 6.07) is 13.1. The lowest BCUT2D eigenvalue weighted by Crippen LogP contribution is -1.97. The SMILES string of the molecule is Cc1c(Cl)cccc1N=Cc1cc(Cl)ccc1Oc1ccc([N+](=O)[O-])cc1[N+](=O)[O-]. The quantitative estimate of drug-likeness (QED) is 0.239. The number of benzene rings is 3. The van der Waals surface area contributed by atoms with E-state index in [2.05, 4.69) is 4.99 Å². The third-order valence-electron chi connectivity index (χ3n) is 4.12. The van der Waals surface area contributed by atoms with Gasteiger partial charge in [0.25, 0.3) is 5.69 Å². The molecule has 0 atom stereocenters. The summed E-state index contributed by atoms with van der Waals surface area (Å²) in [5.74, 6) is 0.0845. The highest BCUT2D eigenvalue weighted by Gasteiger charge is 2.22. The Morgan fingerprint density at radius 2 is 1.70 bits per heavy atom. The van der Waals surface area contributed by atoms with Crippen molar-refractivity contribution in [2.75, 3.05) is 0 Å². The molecule has 0 bridgehead atoms. The van der Waals surface area contributed by atoms with Gasteiger partial charge in [-0.2, -0.15) is 0 Å². The lowest BCUT2D eigenvalue weighted by molar-refractivity contribution is -0.394. The molecule has 3 rings (SSSR count).